The second kappa shape index (κ2) is 20.9. The van der Waals surface area contributed by atoms with E-state index in [-0.39, 0.29) is 84.0 Å². The number of ether oxygens (including phenoxy) is 2. The number of phenols is 1. The van der Waals surface area contributed by atoms with Crippen LogP contribution in [0.1, 0.15) is 127 Å². The maximum absolute atomic E-state index is 17.3. The summed E-state index contributed by atoms with van der Waals surface area (Å²) < 4.78 is 48.4. The number of aliphatic hydroxyl groups is 1. The first-order valence-electron chi connectivity index (χ1n) is 29.4. The molecule has 13 rings (SSSR count). The van der Waals surface area contributed by atoms with Crippen molar-refractivity contribution in [2.45, 2.75) is 151 Å². The first-order valence-corrected chi connectivity index (χ1v) is 29.4. The molecule has 3 N–H and O–H groups in total. The summed E-state index contributed by atoms with van der Waals surface area (Å²) in [5.74, 6) is -0.788. The molecular formula is C61H72F2N10O8. The number of halogens is 2. The Morgan fingerprint density at radius 3 is 2.46 bits per heavy atom. The largest absolute Gasteiger partial charge is 0.508 e. The molecule has 2 bridgehead atoms. The van der Waals surface area contributed by atoms with E-state index in [0.717, 1.165) is 82.8 Å². The van der Waals surface area contributed by atoms with Gasteiger partial charge < -0.3 is 29.5 Å². The second-order valence-electron chi connectivity index (χ2n) is 24.7. The van der Waals surface area contributed by atoms with Crippen LogP contribution in [0.25, 0.3) is 44.0 Å². The van der Waals surface area contributed by atoms with Gasteiger partial charge in [0, 0.05) is 76.1 Å². The van der Waals surface area contributed by atoms with E-state index in [0.29, 0.717) is 102 Å². The number of rotatable bonds is 12. The Morgan fingerprint density at radius 1 is 0.901 bits per heavy atom. The van der Waals surface area contributed by atoms with Crippen LogP contribution < -0.4 is 20.6 Å². The Hall–Kier alpha value is -6.77. The van der Waals surface area contributed by atoms with Crippen LogP contribution in [0.15, 0.2) is 53.5 Å². The lowest BCUT2D eigenvalue weighted by Gasteiger charge is -2.42. The number of hydrogen-bond donors (Lipinski definition) is 3. The van der Waals surface area contributed by atoms with Gasteiger partial charge in [0.1, 0.15) is 47.9 Å². The third kappa shape index (κ3) is 9.65. The lowest BCUT2D eigenvalue weighted by Crippen LogP contribution is -2.49. The average molecular weight is 1110 g/mol. The summed E-state index contributed by atoms with van der Waals surface area (Å²) in [7, 11) is 1.75. The number of benzene rings is 3. The number of nitrogens with zero attached hydrogens (tertiary/aromatic N) is 9. The molecular weight excluding hydrogens is 1040 g/mol. The van der Waals surface area contributed by atoms with Crippen molar-refractivity contribution >= 4 is 56.4 Å². The summed E-state index contributed by atoms with van der Waals surface area (Å²) >= 11 is 0. The van der Waals surface area contributed by atoms with Crippen LogP contribution in [-0.4, -0.2) is 149 Å². The van der Waals surface area contributed by atoms with E-state index >= 15 is 8.78 Å². The number of likely N-dealkylation sites (tertiary alicyclic amines) is 1. The smallest absolute Gasteiger partial charge is 0.409 e. The highest BCUT2D eigenvalue weighted by Gasteiger charge is 2.51. The van der Waals surface area contributed by atoms with E-state index in [1.54, 1.807) is 29.2 Å². The summed E-state index contributed by atoms with van der Waals surface area (Å²) in [6.07, 6.45) is 13.1. The van der Waals surface area contributed by atoms with Crippen LogP contribution >= 0.6 is 0 Å². The molecule has 3 aromatic heterocycles. The third-order valence-electron chi connectivity index (χ3n) is 19.6. The number of imide groups is 1. The van der Waals surface area contributed by atoms with Crippen molar-refractivity contribution in [1.29, 1.82) is 0 Å². The number of aromatic nitrogens is 5. The topological polar surface area (TPSA) is 201 Å². The summed E-state index contributed by atoms with van der Waals surface area (Å²) in [5, 5.41) is 25.7. The molecule has 7 saturated heterocycles. The highest BCUT2D eigenvalue weighted by atomic mass is 19.1. The number of nitrogens with one attached hydrogen (secondary N) is 1. The van der Waals surface area contributed by atoms with E-state index in [9.17, 15) is 29.4 Å². The number of carbonyl (C=O) groups excluding carboxylic acids is 3. The number of phenolic OH excluding ortho intramolecular Hbond substituents is 1. The highest BCUT2D eigenvalue weighted by Crippen LogP contribution is 2.46. The molecule has 18 nitrogen and oxygen atoms in total. The van der Waals surface area contributed by atoms with Crippen molar-refractivity contribution in [3.05, 3.63) is 81.9 Å². The molecule has 7 aliphatic heterocycles. The minimum Gasteiger partial charge on any atom is -0.508 e. The van der Waals surface area contributed by atoms with Crippen LogP contribution in [-0.2, 0) is 27.8 Å². The number of carbonyl (C=O) groups is 3. The summed E-state index contributed by atoms with van der Waals surface area (Å²) in [5.41, 5.74) is 1.63. The van der Waals surface area contributed by atoms with Gasteiger partial charge in [0.25, 0.3) is 0 Å². The predicted molar refractivity (Wildman–Crippen MR) is 300 cm³/mol. The van der Waals surface area contributed by atoms with Crippen molar-refractivity contribution in [2.24, 2.45) is 13.0 Å². The molecule has 3 aromatic carbocycles. The molecule has 3 unspecified atom stereocenters. The Kier molecular flexibility index (Phi) is 13.8. The summed E-state index contributed by atoms with van der Waals surface area (Å²) in [6, 6.07) is 12.3. The minimum atomic E-state index is -1.00. The van der Waals surface area contributed by atoms with Gasteiger partial charge in [-0.05, 0) is 167 Å². The van der Waals surface area contributed by atoms with Gasteiger partial charge in [0.2, 0.25) is 11.8 Å². The number of β-amino-alcohol motifs (C(OH)–C–C–N with tert-alkyl or cyclic N) is 1. The molecule has 7 aliphatic rings. The van der Waals surface area contributed by atoms with Gasteiger partial charge in [0.05, 0.1) is 27.6 Å². The van der Waals surface area contributed by atoms with Gasteiger partial charge in [-0.15, -0.1) is 0 Å². The lowest BCUT2D eigenvalue weighted by molar-refractivity contribution is -0.135. The maximum atomic E-state index is 17.3. The molecule has 0 radical (unpaired) electrons. The summed E-state index contributed by atoms with van der Waals surface area (Å²) in [6.45, 7) is 8.10. The van der Waals surface area contributed by atoms with Crippen molar-refractivity contribution in [3.63, 3.8) is 0 Å². The number of imidazole rings is 1. The molecule has 6 atom stereocenters. The SMILES string of the molecule is CCc1c(F)ccc2cc(O)cc(-c3ncc4c(N5CCC[C@@](C)(O)C5)nc(OC[C@@]56CCCN5[C@H](COC(=O)N5CCC(CN7C8CCC7CC(c7ccc9c(c7)n(C)c(=O)n9C7CCC(=O)NC7=O)C8)CC5)CC6)nc4c3F)c12. The number of piperidine rings is 4. The van der Waals surface area contributed by atoms with Crippen molar-refractivity contribution in [3.8, 4) is 23.0 Å². The Morgan fingerprint density at radius 2 is 1.69 bits per heavy atom. The Balaban J connectivity index is 0.640. The van der Waals surface area contributed by atoms with Gasteiger partial charge in [-0.2, -0.15) is 9.97 Å². The van der Waals surface area contributed by atoms with Crippen LogP contribution in [0, 0.1) is 17.6 Å². The fourth-order valence-electron chi connectivity index (χ4n) is 15.5. The zero-order valence-electron chi connectivity index (χ0n) is 46.5. The molecule has 0 aliphatic carbocycles. The number of hydrogen-bond acceptors (Lipinski definition) is 14. The number of aryl methyl sites for hydroxylation is 2. The Bertz CT molecular complexity index is 3550. The van der Waals surface area contributed by atoms with Crippen molar-refractivity contribution in [1.82, 2.24) is 44.1 Å². The number of pyridine rings is 1. The molecule has 20 heteroatoms. The molecule has 10 heterocycles. The molecule has 0 spiro atoms. The summed E-state index contributed by atoms with van der Waals surface area (Å²) in [4.78, 5) is 74.9. The van der Waals surface area contributed by atoms with Crippen molar-refractivity contribution < 1.29 is 42.9 Å². The van der Waals surface area contributed by atoms with Crippen LogP contribution in [0.2, 0.25) is 0 Å². The van der Waals surface area contributed by atoms with Crippen LogP contribution in [0.5, 0.6) is 11.8 Å². The van der Waals surface area contributed by atoms with Crippen LogP contribution in [0.4, 0.5) is 19.4 Å². The average Bonchev–Trinajstić information content (AvgIpc) is 4.26. The number of aromatic hydroxyl groups is 1. The van der Waals surface area contributed by atoms with E-state index in [2.05, 4.69) is 32.2 Å². The molecule has 7 fully saturated rings. The van der Waals surface area contributed by atoms with Gasteiger partial charge in [-0.25, -0.2) is 18.4 Å². The maximum Gasteiger partial charge on any atom is 0.409 e. The van der Waals surface area contributed by atoms with Gasteiger partial charge >= 0.3 is 17.8 Å². The first kappa shape index (κ1) is 53.5. The number of anilines is 1. The quantitative estimate of drug-likeness (QED) is 0.0996. The van der Waals surface area contributed by atoms with Gasteiger partial charge in [-0.1, -0.05) is 19.1 Å². The van der Waals surface area contributed by atoms with E-state index in [1.807, 2.05) is 22.8 Å². The standard InChI is InChI=1S/C61H72F2N10O8/c1-4-43-46(62)11-7-37-27-42(74)29-44(51(37)43)53-52(63)54-45(30-64-53)55(70-21-5-18-60(2,79)33-70)67-57(66-54)81-34-61-19-6-22-72(61)41(15-20-61)32-80-59(78)69-23-16-35(17-24-69)31-71-39-9-10-40(71)26-38(25-39)36-8-12-47-49(28-36)68(3)58(77)73(47)48-13-14-50(75)65-56(48)76/h7-8,11-12,27-30,35,38-41,48,74,79H,4-6,9-10,13-26,31-34H2,1-3H3,(H,65,75,76)/t38?,39?,40?,41-,48?,60+,61-/m0/s1. The molecule has 3 amide bonds. The molecule has 428 valence electrons. The van der Waals surface area contributed by atoms with E-state index in [1.165, 1.54) is 30.0 Å². The molecule has 0 saturated carbocycles. The van der Waals surface area contributed by atoms with E-state index < -0.39 is 29.2 Å². The number of amides is 3. The zero-order valence-corrected chi connectivity index (χ0v) is 46.5. The lowest BCUT2D eigenvalue weighted by atomic mass is 9.84. The van der Waals surface area contributed by atoms with Crippen LogP contribution in [0.3, 0.4) is 0 Å². The Labute approximate surface area is 468 Å². The first-order chi connectivity index (χ1) is 39.0. The fraction of sp³-hybridized carbons (Fsp3) is 0.557. The number of fused-ring (bicyclic) bond motifs is 6. The zero-order chi connectivity index (χ0) is 56.1. The van der Waals surface area contributed by atoms with Crippen molar-refractivity contribution in [2.75, 3.05) is 57.4 Å². The van der Waals surface area contributed by atoms with Gasteiger partial charge in [0.15, 0.2) is 5.82 Å². The van der Waals surface area contributed by atoms with Gasteiger partial charge in [-0.3, -0.25) is 38.8 Å². The normalized spacial score (nSPS) is 27.5. The minimum absolute atomic E-state index is 0.00780. The monoisotopic (exact) mass is 1110 g/mol. The molecule has 81 heavy (non-hydrogen) atoms. The predicted octanol–water partition coefficient (Wildman–Crippen LogP) is 8.01. The molecule has 6 aromatic rings. The second-order valence-corrected chi connectivity index (χ2v) is 24.7. The van der Waals surface area contributed by atoms with E-state index in [4.69, 9.17) is 19.4 Å². The third-order valence-corrected chi connectivity index (χ3v) is 19.6. The fourth-order valence-corrected chi connectivity index (χ4v) is 15.5. The highest BCUT2D eigenvalue weighted by molar-refractivity contribution is 6.02.